The van der Waals surface area contributed by atoms with Crippen LogP contribution in [0.3, 0.4) is 0 Å². The normalized spacial score (nSPS) is 12.3. The summed E-state index contributed by atoms with van der Waals surface area (Å²) in [5.74, 6) is -1.55. The van der Waals surface area contributed by atoms with E-state index in [-0.39, 0.29) is 11.8 Å². The molecule has 0 aliphatic rings. The molecule has 0 heterocycles. The van der Waals surface area contributed by atoms with Gasteiger partial charge in [-0.05, 0) is 36.6 Å². The molecule has 4 nitrogen and oxygen atoms in total. The van der Waals surface area contributed by atoms with Crippen LogP contribution in [0.4, 0.5) is 0 Å². The first-order valence-electron chi connectivity index (χ1n) is 5.62. The van der Waals surface area contributed by atoms with Crippen LogP contribution in [-0.2, 0) is 4.79 Å². The summed E-state index contributed by atoms with van der Waals surface area (Å²) in [6, 6.07) is 4.28. The lowest BCUT2D eigenvalue weighted by Crippen LogP contribution is -2.44. The Morgan fingerprint density at radius 1 is 1.33 bits per heavy atom. The molecule has 5 heteroatoms. The molecule has 0 radical (unpaired) electrons. The standard InChI is InChI=1S/C13H16BrNO3/c1-7(2)11(13(17)18)15-12(16)9-4-5-10(14)8(3)6-9/h4-7,11H,1-3H3,(H,15,16)(H,17,18)/t11-/m1/s1. The second-order valence-electron chi connectivity index (χ2n) is 4.50. The van der Waals surface area contributed by atoms with Crippen molar-refractivity contribution in [2.45, 2.75) is 26.8 Å². The number of carbonyl (C=O) groups is 2. The molecule has 0 spiro atoms. The van der Waals surface area contributed by atoms with Crippen molar-refractivity contribution in [2.24, 2.45) is 5.92 Å². The van der Waals surface area contributed by atoms with Crippen LogP contribution < -0.4 is 5.32 Å². The number of hydrogen-bond donors (Lipinski definition) is 2. The van der Waals surface area contributed by atoms with E-state index >= 15 is 0 Å². The largest absolute Gasteiger partial charge is 0.480 e. The molecule has 98 valence electrons. The third-order valence-corrected chi connectivity index (χ3v) is 3.53. The van der Waals surface area contributed by atoms with Gasteiger partial charge in [-0.1, -0.05) is 29.8 Å². The third-order valence-electron chi connectivity index (χ3n) is 2.64. The molecule has 1 rings (SSSR count). The van der Waals surface area contributed by atoms with E-state index in [0.29, 0.717) is 5.56 Å². The van der Waals surface area contributed by atoms with Gasteiger partial charge in [0.1, 0.15) is 6.04 Å². The van der Waals surface area contributed by atoms with Crippen LogP contribution in [-0.4, -0.2) is 23.0 Å². The summed E-state index contributed by atoms with van der Waals surface area (Å²) in [4.78, 5) is 22.9. The molecular formula is C13H16BrNO3. The van der Waals surface area contributed by atoms with Crippen LogP contribution in [0.2, 0.25) is 0 Å². The van der Waals surface area contributed by atoms with Crippen molar-refractivity contribution in [3.05, 3.63) is 33.8 Å². The van der Waals surface area contributed by atoms with Gasteiger partial charge >= 0.3 is 5.97 Å². The maximum absolute atomic E-state index is 11.9. The molecule has 0 aliphatic heterocycles. The minimum Gasteiger partial charge on any atom is -0.480 e. The van der Waals surface area contributed by atoms with E-state index in [9.17, 15) is 9.59 Å². The number of carbonyl (C=O) groups excluding carboxylic acids is 1. The second kappa shape index (κ2) is 6.00. The zero-order valence-corrected chi connectivity index (χ0v) is 12.1. The minimum atomic E-state index is -1.02. The molecule has 18 heavy (non-hydrogen) atoms. The summed E-state index contributed by atoms with van der Waals surface area (Å²) >= 11 is 3.35. The molecule has 0 saturated carbocycles. The Bertz CT molecular complexity index is 471. The zero-order chi connectivity index (χ0) is 13.9. The van der Waals surface area contributed by atoms with Gasteiger partial charge in [0.25, 0.3) is 5.91 Å². The maximum Gasteiger partial charge on any atom is 0.326 e. The molecule has 0 aromatic heterocycles. The Balaban J connectivity index is 2.87. The Hall–Kier alpha value is -1.36. The minimum absolute atomic E-state index is 0.164. The van der Waals surface area contributed by atoms with Crippen LogP contribution in [0.5, 0.6) is 0 Å². The molecule has 1 aromatic carbocycles. The average Bonchev–Trinajstić information content (AvgIpc) is 2.28. The number of aryl methyl sites for hydroxylation is 1. The fourth-order valence-corrected chi connectivity index (χ4v) is 1.77. The van der Waals surface area contributed by atoms with Crippen LogP contribution in [0.15, 0.2) is 22.7 Å². The summed E-state index contributed by atoms with van der Waals surface area (Å²) < 4.78 is 0.915. The number of amides is 1. The first kappa shape index (κ1) is 14.7. The van der Waals surface area contributed by atoms with Crippen LogP contribution in [0.25, 0.3) is 0 Å². The zero-order valence-electron chi connectivity index (χ0n) is 10.5. The van der Waals surface area contributed by atoms with Crippen LogP contribution >= 0.6 is 15.9 Å². The first-order chi connectivity index (χ1) is 8.32. The lowest BCUT2D eigenvalue weighted by Gasteiger charge is -2.18. The van der Waals surface area contributed by atoms with Gasteiger partial charge in [0.2, 0.25) is 0 Å². The third kappa shape index (κ3) is 3.57. The Morgan fingerprint density at radius 3 is 2.39 bits per heavy atom. The molecule has 1 aromatic rings. The highest BCUT2D eigenvalue weighted by atomic mass is 79.9. The number of carboxylic acid groups (broad SMARTS) is 1. The van der Waals surface area contributed by atoms with E-state index in [1.165, 1.54) is 0 Å². The van der Waals surface area contributed by atoms with Gasteiger partial charge in [-0.25, -0.2) is 4.79 Å². The van der Waals surface area contributed by atoms with Gasteiger partial charge in [0.05, 0.1) is 0 Å². The summed E-state index contributed by atoms with van der Waals surface area (Å²) in [5, 5.41) is 11.5. The quantitative estimate of drug-likeness (QED) is 0.898. The van der Waals surface area contributed by atoms with Gasteiger partial charge < -0.3 is 10.4 Å². The van der Waals surface area contributed by atoms with Gasteiger partial charge in [0, 0.05) is 10.0 Å². The van der Waals surface area contributed by atoms with Crippen molar-refractivity contribution in [2.75, 3.05) is 0 Å². The molecule has 0 unspecified atom stereocenters. The fourth-order valence-electron chi connectivity index (χ4n) is 1.52. The van der Waals surface area contributed by atoms with Crippen molar-refractivity contribution >= 4 is 27.8 Å². The van der Waals surface area contributed by atoms with E-state index < -0.39 is 12.0 Å². The van der Waals surface area contributed by atoms with E-state index in [1.807, 2.05) is 6.92 Å². The van der Waals surface area contributed by atoms with Crippen LogP contribution in [0.1, 0.15) is 29.8 Å². The maximum atomic E-state index is 11.9. The molecule has 2 N–H and O–H groups in total. The molecule has 0 fully saturated rings. The Labute approximate surface area is 115 Å². The Kier molecular flexibility index (Phi) is 4.90. The number of halogens is 1. The van der Waals surface area contributed by atoms with E-state index in [1.54, 1.807) is 32.0 Å². The van der Waals surface area contributed by atoms with Gasteiger partial charge in [-0.2, -0.15) is 0 Å². The summed E-state index contributed by atoms with van der Waals surface area (Å²) in [5.41, 5.74) is 1.39. The van der Waals surface area contributed by atoms with Gasteiger partial charge in [-0.15, -0.1) is 0 Å². The van der Waals surface area contributed by atoms with Crippen molar-refractivity contribution in [1.29, 1.82) is 0 Å². The van der Waals surface area contributed by atoms with E-state index in [4.69, 9.17) is 5.11 Å². The van der Waals surface area contributed by atoms with Crippen molar-refractivity contribution in [3.63, 3.8) is 0 Å². The Morgan fingerprint density at radius 2 is 1.94 bits per heavy atom. The number of benzene rings is 1. The van der Waals surface area contributed by atoms with E-state index in [2.05, 4.69) is 21.2 Å². The fraction of sp³-hybridized carbons (Fsp3) is 0.385. The summed E-state index contributed by atoms with van der Waals surface area (Å²) in [6.45, 7) is 5.38. The topological polar surface area (TPSA) is 66.4 Å². The SMILES string of the molecule is Cc1cc(C(=O)N[C@@H](C(=O)O)C(C)C)ccc1Br. The molecule has 0 bridgehead atoms. The van der Waals surface area contributed by atoms with Crippen molar-refractivity contribution in [1.82, 2.24) is 5.32 Å². The lowest BCUT2D eigenvalue weighted by atomic mass is 10.0. The smallest absolute Gasteiger partial charge is 0.326 e. The van der Waals surface area contributed by atoms with Gasteiger partial charge in [0.15, 0.2) is 0 Å². The molecule has 0 saturated heterocycles. The monoisotopic (exact) mass is 313 g/mol. The first-order valence-corrected chi connectivity index (χ1v) is 6.42. The average molecular weight is 314 g/mol. The van der Waals surface area contributed by atoms with Crippen LogP contribution in [0, 0.1) is 12.8 Å². The number of nitrogens with one attached hydrogen (secondary N) is 1. The predicted molar refractivity (Wildman–Crippen MR) is 72.6 cm³/mol. The highest BCUT2D eigenvalue weighted by Crippen LogP contribution is 2.17. The number of rotatable bonds is 4. The highest BCUT2D eigenvalue weighted by molar-refractivity contribution is 9.10. The highest BCUT2D eigenvalue weighted by Gasteiger charge is 2.23. The number of aliphatic carboxylic acids is 1. The number of hydrogen-bond acceptors (Lipinski definition) is 2. The second-order valence-corrected chi connectivity index (χ2v) is 5.35. The molecule has 1 atom stereocenters. The molecule has 1 amide bonds. The van der Waals surface area contributed by atoms with E-state index in [0.717, 1.165) is 10.0 Å². The van der Waals surface area contributed by atoms with Crippen molar-refractivity contribution < 1.29 is 14.7 Å². The molecule has 0 aliphatic carbocycles. The number of carboxylic acids is 1. The summed E-state index contributed by atoms with van der Waals surface area (Å²) in [7, 11) is 0. The van der Waals surface area contributed by atoms with Crippen molar-refractivity contribution in [3.8, 4) is 0 Å². The summed E-state index contributed by atoms with van der Waals surface area (Å²) in [6.07, 6.45) is 0. The lowest BCUT2D eigenvalue weighted by molar-refractivity contribution is -0.140. The molecular weight excluding hydrogens is 298 g/mol. The van der Waals surface area contributed by atoms with Gasteiger partial charge in [-0.3, -0.25) is 4.79 Å². The predicted octanol–water partition coefficient (Wildman–Crippen LogP) is 2.60.